The fourth-order valence-corrected chi connectivity index (χ4v) is 2.04. The molecule has 0 heterocycles. The molecule has 0 aliphatic rings. The summed E-state index contributed by atoms with van der Waals surface area (Å²) in [4.78, 5) is 0. The van der Waals surface area contributed by atoms with Crippen LogP contribution in [0.15, 0.2) is 18.2 Å². The van der Waals surface area contributed by atoms with E-state index in [1.165, 1.54) is 0 Å². The van der Waals surface area contributed by atoms with Crippen molar-refractivity contribution in [2.24, 2.45) is 5.73 Å². The Morgan fingerprint density at radius 2 is 1.81 bits per heavy atom. The van der Waals surface area contributed by atoms with Gasteiger partial charge in [0.15, 0.2) is 0 Å². The maximum Gasteiger partial charge on any atom is 0.250 e. The standard InChI is InChI=1S/C10H12Cl2F2N2/c11-6-2-1-3-7(12)10(6)8(4-15)16-5-9(13)14/h1-3,8-9,16H,4-5,15H2. The van der Waals surface area contributed by atoms with E-state index in [2.05, 4.69) is 5.32 Å². The molecule has 0 aliphatic carbocycles. The molecule has 3 N–H and O–H groups in total. The monoisotopic (exact) mass is 268 g/mol. The Kier molecular flexibility index (Phi) is 5.41. The quantitative estimate of drug-likeness (QED) is 0.862. The predicted molar refractivity (Wildman–Crippen MR) is 62.3 cm³/mol. The van der Waals surface area contributed by atoms with Crippen molar-refractivity contribution in [1.82, 2.24) is 5.32 Å². The van der Waals surface area contributed by atoms with Gasteiger partial charge in [0.2, 0.25) is 0 Å². The van der Waals surface area contributed by atoms with E-state index in [1.54, 1.807) is 18.2 Å². The summed E-state index contributed by atoms with van der Waals surface area (Å²) in [6.07, 6.45) is -2.43. The van der Waals surface area contributed by atoms with Crippen molar-refractivity contribution in [2.75, 3.05) is 13.1 Å². The number of nitrogens with one attached hydrogen (secondary N) is 1. The molecule has 16 heavy (non-hydrogen) atoms. The van der Waals surface area contributed by atoms with Crippen molar-refractivity contribution in [3.63, 3.8) is 0 Å². The van der Waals surface area contributed by atoms with Gasteiger partial charge in [0.25, 0.3) is 6.43 Å². The first-order valence-electron chi connectivity index (χ1n) is 4.71. The Morgan fingerprint density at radius 3 is 2.25 bits per heavy atom. The number of nitrogens with two attached hydrogens (primary N) is 1. The van der Waals surface area contributed by atoms with Crippen LogP contribution in [0.1, 0.15) is 11.6 Å². The number of benzene rings is 1. The number of hydrogen-bond acceptors (Lipinski definition) is 2. The molecule has 0 spiro atoms. The van der Waals surface area contributed by atoms with Crippen LogP contribution >= 0.6 is 23.2 Å². The lowest BCUT2D eigenvalue weighted by molar-refractivity contribution is 0.141. The zero-order valence-corrected chi connectivity index (χ0v) is 9.90. The maximum atomic E-state index is 12.1. The highest BCUT2D eigenvalue weighted by Gasteiger charge is 2.17. The van der Waals surface area contributed by atoms with Crippen LogP contribution in [-0.2, 0) is 0 Å². The normalized spacial score (nSPS) is 13.1. The number of alkyl halides is 2. The fraction of sp³-hybridized carbons (Fsp3) is 0.400. The fourth-order valence-electron chi connectivity index (χ4n) is 1.38. The largest absolute Gasteiger partial charge is 0.329 e. The van der Waals surface area contributed by atoms with E-state index in [0.717, 1.165) is 0 Å². The molecule has 0 radical (unpaired) electrons. The number of halogens is 4. The van der Waals surface area contributed by atoms with Crippen LogP contribution in [0, 0.1) is 0 Å². The molecule has 1 unspecified atom stereocenters. The Balaban J connectivity index is 2.86. The van der Waals surface area contributed by atoms with Gasteiger partial charge in [0, 0.05) is 28.2 Å². The molecule has 0 saturated carbocycles. The number of hydrogen-bond donors (Lipinski definition) is 2. The zero-order valence-electron chi connectivity index (χ0n) is 8.39. The highest BCUT2D eigenvalue weighted by atomic mass is 35.5. The van der Waals surface area contributed by atoms with Gasteiger partial charge in [-0.15, -0.1) is 0 Å². The summed E-state index contributed by atoms with van der Waals surface area (Å²) in [6, 6.07) is 4.52. The third-order valence-corrected chi connectivity index (χ3v) is 2.76. The van der Waals surface area contributed by atoms with Crippen LogP contribution in [0.2, 0.25) is 10.0 Å². The van der Waals surface area contributed by atoms with Gasteiger partial charge in [0.05, 0.1) is 6.54 Å². The lowest BCUT2D eigenvalue weighted by Gasteiger charge is -2.19. The Bertz CT molecular complexity index is 327. The summed E-state index contributed by atoms with van der Waals surface area (Å²) < 4.78 is 24.2. The van der Waals surface area contributed by atoms with Crippen LogP contribution in [0.25, 0.3) is 0 Å². The summed E-state index contributed by atoms with van der Waals surface area (Å²) in [7, 11) is 0. The maximum absolute atomic E-state index is 12.1. The first-order valence-corrected chi connectivity index (χ1v) is 5.47. The molecule has 6 heteroatoms. The van der Waals surface area contributed by atoms with Crippen molar-refractivity contribution >= 4 is 23.2 Å². The summed E-state index contributed by atoms with van der Waals surface area (Å²) in [5, 5.41) is 3.46. The molecule has 0 fully saturated rings. The van der Waals surface area contributed by atoms with E-state index in [0.29, 0.717) is 15.6 Å². The van der Waals surface area contributed by atoms with Crippen molar-refractivity contribution in [3.8, 4) is 0 Å². The Hall–Kier alpha value is -0.420. The third-order valence-electron chi connectivity index (χ3n) is 2.10. The second kappa shape index (κ2) is 6.35. The molecule has 0 aromatic heterocycles. The third kappa shape index (κ3) is 3.56. The van der Waals surface area contributed by atoms with Gasteiger partial charge >= 0.3 is 0 Å². The molecule has 1 aromatic carbocycles. The molecular weight excluding hydrogens is 257 g/mol. The van der Waals surface area contributed by atoms with Crippen LogP contribution in [0.3, 0.4) is 0 Å². The van der Waals surface area contributed by atoms with E-state index in [1.807, 2.05) is 0 Å². The molecule has 1 atom stereocenters. The van der Waals surface area contributed by atoms with Crippen molar-refractivity contribution in [1.29, 1.82) is 0 Å². The molecule has 0 amide bonds. The highest BCUT2D eigenvalue weighted by Crippen LogP contribution is 2.29. The minimum atomic E-state index is -2.43. The summed E-state index contributed by atoms with van der Waals surface area (Å²) in [5.74, 6) is 0. The lowest BCUT2D eigenvalue weighted by Crippen LogP contribution is -2.32. The molecule has 90 valence electrons. The Morgan fingerprint density at radius 1 is 1.25 bits per heavy atom. The van der Waals surface area contributed by atoms with E-state index >= 15 is 0 Å². The first kappa shape index (κ1) is 13.6. The SMILES string of the molecule is NCC(NCC(F)F)c1c(Cl)cccc1Cl. The van der Waals surface area contributed by atoms with E-state index in [9.17, 15) is 8.78 Å². The highest BCUT2D eigenvalue weighted by molar-refractivity contribution is 6.36. The molecule has 0 bridgehead atoms. The van der Waals surface area contributed by atoms with Gasteiger partial charge < -0.3 is 11.1 Å². The molecule has 2 nitrogen and oxygen atoms in total. The molecule has 0 saturated heterocycles. The van der Waals surface area contributed by atoms with Gasteiger partial charge in [-0.25, -0.2) is 8.78 Å². The number of rotatable bonds is 5. The van der Waals surface area contributed by atoms with Crippen molar-refractivity contribution in [3.05, 3.63) is 33.8 Å². The van der Waals surface area contributed by atoms with Crippen LogP contribution < -0.4 is 11.1 Å². The van der Waals surface area contributed by atoms with Crippen LogP contribution in [0.4, 0.5) is 8.78 Å². The van der Waals surface area contributed by atoms with Gasteiger partial charge in [0.1, 0.15) is 0 Å². The zero-order chi connectivity index (χ0) is 12.1. The average molecular weight is 269 g/mol. The molecule has 1 aromatic rings. The van der Waals surface area contributed by atoms with Crippen LogP contribution in [0.5, 0.6) is 0 Å². The minimum Gasteiger partial charge on any atom is -0.329 e. The second-order valence-electron chi connectivity index (χ2n) is 3.22. The van der Waals surface area contributed by atoms with Gasteiger partial charge in [-0.3, -0.25) is 0 Å². The van der Waals surface area contributed by atoms with Gasteiger partial charge in [-0.1, -0.05) is 29.3 Å². The predicted octanol–water partition coefficient (Wildman–Crippen LogP) is 2.85. The summed E-state index contributed by atoms with van der Waals surface area (Å²) in [6.45, 7) is -0.292. The summed E-state index contributed by atoms with van der Waals surface area (Å²) >= 11 is 11.9. The molecule has 1 rings (SSSR count). The molecular formula is C10H12Cl2F2N2. The average Bonchev–Trinajstić information content (AvgIpc) is 2.22. The topological polar surface area (TPSA) is 38.0 Å². The molecule has 0 aliphatic heterocycles. The van der Waals surface area contributed by atoms with Crippen molar-refractivity contribution < 1.29 is 8.78 Å². The Labute approximate surface area is 103 Å². The van der Waals surface area contributed by atoms with E-state index in [-0.39, 0.29) is 6.54 Å². The van der Waals surface area contributed by atoms with E-state index < -0.39 is 19.0 Å². The van der Waals surface area contributed by atoms with Crippen molar-refractivity contribution in [2.45, 2.75) is 12.5 Å². The van der Waals surface area contributed by atoms with E-state index in [4.69, 9.17) is 28.9 Å². The summed E-state index contributed by atoms with van der Waals surface area (Å²) in [5.41, 5.74) is 6.07. The van der Waals surface area contributed by atoms with Gasteiger partial charge in [-0.05, 0) is 12.1 Å². The van der Waals surface area contributed by atoms with Gasteiger partial charge in [-0.2, -0.15) is 0 Å². The van der Waals surface area contributed by atoms with Crippen LogP contribution in [-0.4, -0.2) is 19.5 Å². The smallest absolute Gasteiger partial charge is 0.250 e. The first-order chi connectivity index (χ1) is 7.56. The minimum absolute atomic E-state index is 0.149. The lowest BCUT2D eigenvalue weighted by atomic mass is 10.1. The second-order valence-corrected chi connectivity index (χ2v) is 4.04.